The summed E-state index contributed by atoms with van der Waals surface area (Å²) in [5.74, 6) is -0.950. The first-order chi connectivity index (χ1) is 13.0. The van der Waals surface area contributed by atoms with Gasteiger partial charge in [-0.3, -0.25) is 4.79 Å². The number of hydrogen-bond acceptors (Lipinski definition) is 3. The Labute approximate surface area is 168 Å². The Morgan fingerprint density at radius 1 is 1.00 bits per heavy atom. The number of nitrogens with one attached hydrogen (secondary N) is 1. The van der Waals surface area contributed by atoms with Crippen LogP contribution in [0.2, 0.25) is 10.0 Å². The third kappa shape index (κ3) is 3.67. The fourth-order valence-electron chi connectivity index (χ4n) is 2.62. The number of anilines is 1. The molecule has 1 N–H and O–H groups in total. The summed E-state index contributed by atoms with van der Waals surface area (Å²) < 4.78 is 14.4. The number of rotatable bonds is 3. The minimum absolute atomic E-state index is 0.197. The lowest BCUT2D eigenvalue weighted by atomic mass is 10.1. The number of aromatic nitrogens is 1. The molecule has 0 fully saturated rings. The summed E-state index contributed by atoms with van der Waals surface area (Å²) in [6.07, 6.45) is 0. The second kappa shape index (κ2) is 7.27. The normalized spacial score (nSPS) is 10.9. The maximum absolute atomic E-state index is 13.4. The van der Waals surface area contributed by atoms with Crippen LogP contribution in [0.3, 0.4) is 0 Å². The van der Waals surface area contributed by atoms with E-state index in [9.17, 15) is 9.18 Å². The van der Waals surface area contributed by atoms with Crippen molar-refractivity contribution in [2.75, 3.05) is 5.32 Å². The van der Waals surface area contributed by atoms with Crippen molar-refractivity contribution in [1.29, 1.82) is 0 Å². The van der Waals surface area contributed by atoms with Gasteiger partial charge in [-0.15, -0.1) is 11.3 Å². The van der Waals surface area contributed by atoms with E-state index in [-0.39, 0.29) is 10.6 Å². The zero-order valence-corrected chi connectivity index (χ0v) is 16.0. The summed E-state index contributed by atoms with van der Waals surface area (Å²) in [5, 5.41) is 4.15. The molecule has 1 heterocycles. The summed E-state index contributed by atoms with van der Waals surface area (Å²) >= 11 is 14.1. The van der Waals surface area contributed by atoms with E-state index in [1.807, 2.05) is 24.3 Å². The molecule has 7 heteroatoms. The highest BCUT2D eigenvalue weighted by Gasteiger charge is 2.15. The monoisotopic (exact) mass is 416 g/mol. The number of hydrogen-bond donors (Lipinski definition) is 1. The van der Waals surface area contributed by atoms with Gasteiger partial charge in [-0.25, -0.2) is 9.37 Å². The van der Waals surface area contributed by atoms with Crippen molar-refractivity contribution in [3.8, 4) is 10.6 Å². The number of carbonyl (C=O) groups excluding carboxylic acids is 1. The van der Waals surface area contributed by atoms with Gasteiger partial charge in [-0.05, 0) is 42.5 Å². The second-order valence-corrected chi connectivity index (χ2v) is 7.61. The molecule has 0 spiro atoms. The van der Waals surface area contributed by atoms with Crippen molar-refractivity contribution >= 4 is 56.3 Å². The Hall–Kier alpha value is -2.47. The highest BCUT2D eigenvalue weighted by Crippen LogP contribution is 2.39. The summed E-state index contributed by atoms with van der Waals surface area (Å²) in [5.41, 5.74) is 2.11. The molecule has 3 nitrogen and oxygen atoms in total. The molecule has 1 amide bonds. The number of thiazole rings is 1. The maximum atomic E-state index is 13.4. The lowest BCUT2D eigenvalue weighted by Crippen LogP contribution is -2.12. The van der Waals surface area contributed by atoms with Crippen LogP contribution in [0.25, 0.3) is 20.8 Å². The van der Waals surface area contributed by atoms with E-state index in [2.05, 4.69) is 10.3 Å². The number of para-hydroxylation sites is 1. The molecule has 134 valence electrons. The minimum atomic E-state index is -0.486. The predicted molar refractivity (Wildman–Crippen MR) is 109 cm³/mol. The first-order valence-electron chi connectivity index (χ1n) is 7.93. The lowest BCUT2D eigenvalue weighted by molar-refractivity contribution is 0.102. The topological polar surface area (TPSA) is 42.0 Å². The zero-order chi connectivity index (χ0) is 19.0. The first kappa shape index (κ1) is 17.9. The molecule has 0 aliphatic rings. The summed E-state index contributed by atoms with van der Waals surface area (Å²) in [6, 6.07) is 16.4. The molecule has 4 rings (SSSR count). The molecule has 27 heavy (non-hydrogen) atoms. The molecule has 1 aromatic heterocycles. The van der Waals surface area contributed by atoms with Crippen molar-refractivity contribution in [2.45, 2.75) is 0 Å². The van der Waals surface area contributed by atoms with Gasteiger partial charge < -0.3 is 5.32 Å². The molecule has 0 aliphatic heterocycles. The highest BCUT2D eigenvalue weighted by atomic mass is 35.5. The number of amides is 1. The van der Waals surface area contributed by atoms with Crippen LogP contribution in [0.1, 0.15) is 10.4 Å². The van der Waals surface area contributed by atoms with Gasteiger partial charge in [0.25, 0.3) is 5.91 Å². The van der Waals surface area contributed by atoms with E-state index in [1.54, 1.807) is 12.1 Å². The molecule has 0 atom stereocenters. The van der Waals surface area contributed by atoms with E-state index in [0.29, 0.717) is 16.3 Å². The zero-order valence-electron chi connectivity index (χ0n) is 13.7. The maximum Gasteiger partial charge on any atom is 0.255 e. The average molecular weight is 417 g/mol. The fraction of sp³-hybridized carbons (Fsp3) is 0. The Kier molecular flexibility index (Phi) is 4.83. The average Bonchev–Trinajstić information content (AvgIpc) is 3.07. The van der Waals surface area contributed by atoms with Crippen LogP contribution in [0.5, 0.6) is 0 Å². The Balaban J connectivity index is 1.72. The van der Waals surface area contributed by atoms with E-state index < -0.39 is 11.7 Å². The third-order valence-corrected chi connectivity index (χ3v) is 5.61. The van der Waals surface area contributed by atoms with Gasteiger partial charge in [0.15, 0.2) is 0 Å². The Morgan fingerprint density at radius 3 is 2.59 bits per heavy atom. The largest absolute Gasteiger partial charge is 0.321 e. The van der Waals surface area contributed by atoms with Crippen LogP contribution in [0.4, 0.5) is 10.1 Å². The van der Waals surface area contributed by atoms with Crippen molar-refractivity contribution in [3.63, 3.8) is 0 Å². The van der Waals surface area contributed by atoms with Gasteiger partial charge in [-0.2, -0.15) is 0 Å². The summed E-state index contributed by atoms with van der Waals surface area (Å²) in [7, 11) is 0. The van der Waals surface area contributed by atoms with Crippen LogP contribution in [-0.4, -0.2) is 10.9 Å². The van der Waals surface area contributed by atoms with Gasteiger partial charge in [0.05, 0.1) is 25.9 Å². The molecule has 0 aliphatic carbocycles. The third-order valence-electron chi connectivity index (χ3n) is 3.92. The Bertz CT molecular complexity index is 1140. The summed E-state index contributed by atoms with van der Waals surface area (Å²) in [6.45, 7) is 0. The SMILES string of the molecule is O=C(Nc1cc(-c2nc3ccccc3s2)c(Cl)cc1Cl)c1cccc(F)c1. The predicted octanol–water partition coefficient (Wildman–Crippen LogP) is 6.66. The van der Waals surface area contributed by atoms with E-state index >= 15 is 0 Å². The molecule has 0 saturated carbocycles. The quantitative estimate of drug-likeness (QED) is 0.405. The number of benzene rings is 3. The lowest BCUT2D eigenvalue weighted by Gasteiger charge is -2.10. The van der Waals surface area contributed by atoms with Crippen LogP contribution in [-0.2, 0) is 0 Å². The van der Waals surface area contributed by atoms with Crippen LogP contribution < -0.4 is 5.32 Å². The number of halogens is 3. The van der Waals surface area contributed by atoms with Gasteiger partial charge in [0.1, 0.15) is 10.8 Å². The fourth-order valence-corrected chi connectivity index (χ4v) is 4.19. The van der Waals surface area contributed by atoms with Gasteiger partial charge >= 0.3 is 0 Å². The molecular weight excluding hydrogens is 406 g/mol. The number of fused-ring (bicyclic) bond motifs is 1. The minimum Gasteiger partial charge on any atom is -0.321 e. The van der Waals surface area contributed by atoms with Crippen molar-refractivity contribution in [2.24, 2.45) is 0 Å². The molecule has 0 unspecified atom stereocenters. The molecular formula is C20H11Cl2FN2OS. The molecule has 3 aromatic carbocycles. The molecule has 0 bridgehead atoms. The van der Waals surface area contributed by atoms with E-state index in [0.717, 1.165) is 21.3 Å². The molecule has 4 aromatic rings. The summed E-state index contributed by atoms with van der Waals surface area (Å²) in [4.78, 5) is 17.0. The van der Waals surface area contributed by atoms with Gasteiger partial charge in [0, 0.05) is 11.1 Å². The van der Waals surface area contributed by atoms with Crippen LogP contribution >= 0.6 is 34.5 Å². The first-order valence-corrected chi connectivity index (χ1v) is 9.50. The number of carbonyl (C=O) groups is 1. The van der Waals surface area contributed by atoms with E-state index in [4.69, 9.17) is 23.2 Å². The van der Waals surface area contributed by atoms with E-state index in [1.165, 1.54) is 29.5 Å². The standard InChI is InChI=1S/C20H11Cl2FN2OS/c21-14-10-15(22)17(24-19(26)11-4-3-5-12(23)8-11)9-13(14)20-25-16-6-1-2-7-18(16)27-20/h1-10H,(H,24,26). The van der Waals surface area contributed by atoms with Gasteiger partial charge in [0.2, 0.25) is 0 Å². The molecule has 0 saturated heterocycles. The number of nitrogens with zero attached hydrogens (tertiary/aromatic N) is 1. The molecule has 0 radical (unpaired) electrons. The van der Waals surface area contributed by atoms with Crippen LogP contribution in [0.15, 0.2) is 60.7 Å². The van der Waals surface area contributed by atoms with Gasteiger partial charge in [-0.1, -0.05) is 41.4 Å². The van der Waals surface area contributed by atoms with Crippen LogP contribution in [0, 0.1) is 5.82 Å². The van der Waals surface area contributed by atoms with Crippen molar-refractivity contribution < 1.29 is 9.18 Å². The van der Waals surface area contributed by atoms with Crippen molar-refractivity contribution in [1.82, 2.24) is 4.98 Å². The second-order valence-electron chi connectivity index (χ2n) is 5.76. The Morgan fingerprint density at radius 2 is 1.81 bits per heavy atom. The highest BCUT2D eigenvalue weighted by molar-refractivity contribution is 7.21. The van der Waals surface area contributed by atoms with Crippen molar-refractivity contribution in [3.05, 3.63) is 82.1 Å². The smallest absolute Gasteiger partial charge is 0.255 e.